The average Bonchev–Trinajstić information content (AvgIpc) is 2.30. The Balaban J connectivity index is 2.12. The first-order valence-corrected chi connectivity index (χ1v) is 5.57. The van der Waals surface area contributed by atoms with Crippen LogP contribution in [0.5, 0.6) is 5.75 Å². The van der Waals surface area contributed by atoms with Crippen LogP contribution in [0.15, 0.2) is 24.3 Å². The standard InChI is InChI=1S/C12H18N2O2/c13-12(9-15)6-1-7-14(8-12)10-2-4-11(16)5-3-10/h2-5,15-16H,1,6-9,13H2. The minimum atomic E-state index is -0.490. The van der Waals surface area contributed by atoms with Crippen LogP contribution in [0.1, 0.15) is 12.8 Å². The van der Waals surface area contributed by atoms with Crippen LogP contribution in [0.3, 0.4) is 0 Å². The summed E-state index contributed by atoms with van der Waals surface area (Å²) in [6.07, 6.45) is 1.84. The Morgan fingerprint density at radius 3 is 2.62 bits per heavy atom. The second-order valence-corrected chi connectivity index (χ2v) is 4.56. The molecule has 1 fully saturated rings. The van der Waals surface area contributed by atoms with Gasteiger partial charge in [-0.3, -0.25) is 0 Å². The van der Waals surface area contributed by atoms with Gasteiger partial charge in [0.2, 0.25) is 0 Å². The van der Waals surface area contributed by atoms with E-state index in [0.29, 0.717) is 6.54 Å². The Morgan fingerprint density at radius 2 is 2.00 bits per heavy atom. The van der Waals surface area contributed by atoms with Gasteiger partial charge >= 0.3 is 0 Å². The third-order valence-corrected chi connectivity index (χ3v) is 3.14. The first-order chi connectivity index (χ1) is 7.63. The van der Waals surface area contributed by atoms with Crippen LogP contribution in [0.4, 0.5) is 5.69 Å². The normalized spacial score (nSPS) is 25.8. The van der Waals surface area contributed by atoms with E-state index in [9.17, 15) is 10.2 Å². The van der Waals surface area contributed by atoms with Gasteiger partial charge in [0, 0.05) is 18.8 Å². The SMILES string of the molecule is NC1(CO)CCCN(c2ccc(O)cc2)C1. The van der Waals surface area contributed by atoms with Crippen molar-refractivity contribution in [1.82, 2.24) is 0 Å². The molecule has 0 spiro atoms. The van der Waals surface area contributed by atoms with Crippen molar-refractivity contribution in [3.05, 3.63) is 24.3 Å². The van der Waals surface area contributed by atoms with Gasteiger partial charge in [-0.25, -0.2) is 0 Å². The summed E-state index contributed by atoms with van der Waals surface area (Å²) in [4.78, 5) is 2.15. The van der Waals surface area contributed by atoms with Crippen molar-refractivity contribution >= 4 is 5.69 Å². The third kappa shape index (κ3) is 2.28. The molecule has 0 saturated carbocycles. The summed E-state index contributed by atoms with van der Waals surface area (Å²) in [6, 6.07) is 7.08. The maximum absolute atomic E-state index is 9.27. The van der Waals surface area contributed by atoms with E-state index in [-0.39, 0.29) is 12.4 Å². The largest absolute Gasteiger partial charge is 0.508 e. The number of phenols is 1. The number of phenolic OH excluding ortho intramolecular Hbond substituents is 1. The van der Waals surface area contributed by atoms with Crippen LogP contribution >= 0.6 is 0 Å². The van der Waals surface area contributed by atoms with Crippen molar-refractivity contribution < 1.29 is 10.2 Å². The fraction of sp³-hybridized carbons (Fsp3) is 0.500. The molecule has 16 heavy (non-hydrogen) atoms. The topological polar surface area (TPSA) is 69.7 Å². The van der Waals surface area contributed by atoms with Crippen molar-refractivity contribution in [3.8, 4) is 5.75 Å². The number of aliphatic hydroxyl groups is 1. The zero-order valence-corrected chi connectivity index (χ0v) is 9.26. The van der Waals surface area contributed by atoms with Crippen LogP contribution in [0.2, 0.25) is 0 Å². The number of piperidine rings is 1. The van der Waals surface area contributed by atoms with Crippen LogP contribution in [0.25, 0.3) is 0 Å². The minimum Gasteiger partial charge on any atom is -0.508 e. The molecule has 1 heterocycles. The van der Waals surface area contributed by atoms with Gasteiger partial charge in [0.25, 0.3) is 0 Å². The highest BCUT2D eigenvalue weighted by Gasteiger charge is 2.30. The molecule has 0 aliphatic carbocycles. The van der Waals surface area contributed by atoms with Gasteiger partial charge in [0.1, 0.15) is 5.75 Å². The summed E-state index contributed by atoms with van der Waals surface area (Å²) in [6.45, 7) is 1.62. The van der Waals surface area contributed by atoms with Gasteiger partial charge in [-0.2, -0.15) is 0 Å². The summed E-state index contributed by atoms with van der Waals surface area (Å²) in [5.74, 6) is 0.266. The smallest absolute Gasteiger partial charge is 0.115 e. The summed E-state index contributed by atoms with van der Waals surface area (Å²) in [5.41, 5.74) is 6.63. The molecule has 0 aromatic heterocycles. The molecule has 1 saturated heterocycles. The Hall–Kier alpha value is -1.26. The summed E-state index contributed by atoms with van der Waals surface area (Å²) < 4.78 is 0. The fourth-order valence-electron chi connectivity index (χ4n) is 2.17. The Morgan fingerprint density at radius 1 is 1.31 bits per heavy atom. The van der Waals surface area contributed by atoms with E-state index in [4.69, 9.17) is 5.73 Å². The number of aromatic hydroxyl groups is 1. The van der Waals surface area contributed by atoms with E-state index >= 15 is 0 Å². The van der Waals surface area contributed by atoms with Gasteiger partial charge in [-0.05, 0) is 37.1 Å². The highest BCUT2D eigenvalue weighted by atomic mass is 16.3. The molecule has 4 nitrogen and oxygen atoms in total. The molecule has 1 atom stereocenters. The van der Waals surface area contributed by atoms with Crippen molar-refractivity contribution in [3.63, 3.8) is 0 Å². The van der Waals surface area contributed by atoms with E-state index in [0.717, 1.165) is 25.1 Å². The van der Waals surface area contributed by atoms with E-state index in [1.807, 2.05) is 12.1 Å². The predicted octanol–water partition coefficient (Wildman–Crippen LogP) is 0.682. The first kappa shape index (κ1) is 11.2. The van der Waals surface area contributed by atoms with Gasteiger partial charge < -0.3 is 20.8 Å². The molecule has 4 heteroatoms. The number of nitrogens with zero attached hydrogens (tertiary/aromatic N) is 1. The number of hydrogen-bond donors (Lipinski definition) is 3. The highest BCUT2D eigenvalue weighted by Crippen LogP contribution is 2.25. The molecule has 1 unspecified atom stereocenters. The Kier molecular flexibility index (Phi) is 3.03. The lowest BCUT2D eigenvalue weighted by molar-refractivity contribution is 0.177. The van der Waals surface area contributed by atoms with Crippen molar-refractivity contribution in [2.45, 2.75) is 18.4 Å². The van der Waals surface area contributed by atoms with E-state index in [1.165, 1.54) is 0 Å². The minimum absolute atomic E-state index is 0.0155. The van der Waals surface area contributed by atoms with Crippen LogP contribution in [0, 0.1) is 0 Å². The Bertz CT molecular complexity index is 353. The average molecular weight is 222 g/mol. The van der Waals surface area contributed by atoms with Crippen LogP contribution in [-0.2, 0) is 0 Å². The number of nitrogens with two attached hydrogens (primary N) is 1. The zero-order valence-electron chi connectivity index (χ0n) is 9.26. The lowest BCUT2D eigenvalue weighted by Gasteiger charge is -2.40. The summed E-state index contributed by atoms with van der Waals surface area (Å²) >= 11 is 0. The molecule has 1 aliphatic rings. The molecule has 1 aromatic carbocycles. The maximum Gasteiger partial charge on any atom is 0.115 e. The summed E-state index contributed by atoms with van der Waals surface area (Å²) in [7, 11) is 0. The van der Waals surface area contributed by atoms with Crippen LogP contribution < -0.4 is 10.6 Å². The van der Waals surface area contributed by atoms with E-state index in [2.05, 4.69) is 4.90 Å². The molecule has 0 bridgehead atoms. The summed E-state index contributed by atoms with van der Waals surface area (Å²) in [5, 5.41) is 18.5. The molecule has 88 valence electrons. The second-order valence-electron chi connectivity index (χ2n) is 4.56. The van der Waals surface area contributed by atoms with Crippen molar-refractivity contribution in [2.75, 3.05) is 24.6 Å². The predicted molar refractivity (Wildman–Crippen MR) is 63.6 cm³/mol. The number of anilines is 1. The molecular formula is C12H18N2O2. The van der Waals surface area contributed by atoms with E-state index in [1.54, 1.807) is 12.1 Å². The quantitative estimate of drug-likeness (QED) is 0.688. The zero-order chi connectivity index (χ0) is 11.6. The number of rotatable bonds is 2. The molecule has 1 aromatic rings. The van der Waals surface area contributed by atoms with Crippen LogP contribution in [-0.4, -0.2) is 35.4 Å². The van der Waals surface area contributed by atoms with Gasteiger partial charge in [0.15, 0.2) is 0 Å². The van der Waals surface area contributed by atoms with E-state index < -0.39 is 5.54 Å². The molecule has 0 radical (unpaired) electrons. The lowest BCUT2D eigenvalue weighted by Crippen LogP contribution is -2.56. The Labute approximate surface area is 95.3 Å². The van der Waals surface area contributed by atoms with Gasteiger partial charge in [-0.15, -0.1) is 0 Å². The molecular weight excluding hydrogens is 204 g/mol. The fourth-order valence-corrected chi connectivity index (χ4v) is 2.17. The first-order valence-electron chi connectivity index (χ1n) is 5.57. The number of benzene rings is 1. The lowest BCUT2D eigenvalue weighted by atomic mass is 9.91. The monoisotopic (exact) mass is 222 g/mol. The second kappa shape index (κ2) is 4.31. The number of aliphatic hydroxyl groups excluding tert-OH is 1. The maximum atomic E-state index is 9.27. The van der Waals surface area contributed by atoms with Crippen molar-refractivity contribution in [1.29, 1.82) is 0 Å². The van der Waals surface area contributed by atoms with Crippen molar-refractivity contribution in [2.24, 2.45) is 5.73 Å². The highest BCUT2D eigenvalue weighted by molar-refractivity contribution is 5.49. The van der Waals surface area contributed by atoms with Gasteiger partial charge in [-0.1, -0.05) is 0 Å². The molecule has 0 amide bonds. The number of hydrogen-bond acceptors (Lipinski definition) is 4. The third-order valence-electron chi connectivity index (χ3n) is 3.14. The molecule has 2 rings (SSSR count). The van der Waals surface area contributed by atoms with Gasteiger partial charge in [0.05, 0.1) is 12.1 Å². The molecule has 1 aliphatic heterocycles. The molecule has 4 N–H and O–H groups in total.